The molecule has 0 saturated heterocycles. The molecule has 0 aliphatic heterocycles. The topological polar surface area (TPSA) is 54.2 Å². The number of aliphatic imine (C=N–C) groups is 1. The number of hydrogen-bond donors (Lipinski definition) is 2. The van der Waals surface area contributed by atoms with Crippen LogP contribution in [0.3, 0.4) is 0 Å². The summed E-state index contributed by atoms with van der Waals surface area (Å²) in [6, 6.07) is 0. The van der Waals surface area contributed by atoms with Crippen molar-refractivity contribution in [3.8, 4) is 0 Å². The molecule has 0 bridgehead atoms. The number of rotatable bonds is 2. The van der Waals surface area contributed by atoms with Gasteiger partial charge >= 0.3 is 6.18 Å². The van der Waals surface area contributed by atoms with Crippen LogP contribution in [0.4, 0.5) is 13.2 Å². The first-order valence-corrected chi connectivity index (χ1v) is 6.11. The zero-order valence-corrected chi connectivity index (χ0v) is 15.0. The number of aromatic nitrogens is 2. The first kappa shape index (κ1) is 20.0. The maximum atomic E-state index is 12.8. The average Bonchev–Trinajstić information content (AvgIpc) is 2.64. The first-order chi connectivity index (χ1) is 9.03. The Kier molecular flexibility index (Phi) is 6.97. The fourth-order valence-electron chi connectivity index (χ4n) is 1.62. The molecule has 21 heavy (non-hydrogen) atoms. The first-order valence-electron chi connectivity index (χ1n) is 6.11. The van der Waals surface area contributed by atoms with Crippen molar-refractivity contribution in [1.29, 1.82) is 0 Å². The van der Waals surface area contributed by atoms with E-state index < -0.39 is 11.9 Å². The molecule has 0 spiro atoms. The lowest BCUT2D eigenvalue weighted by Gasteiger charge is -2.23. The molecule has 0 amide bonds. The summed E-state index contributed by atoms with van der Waals surface area (Å²) in [7, 11) is 3.02. The molecule has 122 valence electrons. The summed E-state index contributed by atoms with van der Waals surface area (Å²) >= 11 is 0. The van der Waals surface area contributed by atoms with Crippen molar-refractivity contribution in [1.82, 2.24) is 20.4 Å². The van der Waals surface area contributed by atoms with E-state index in [0.29, 0.717) is 5.96 Å². The van der Waals surface area contributed by atoms with Gasteiger partial charge in [-0.05, 0) is 20.8 Å². The number of hydrogen-bond acceptors (Lipinski definition) is 2. The highest BCUT2D eigenvalue weighted by Gasteiger charge is 2.36. The highest BCUT2D eigenvalue weighted by atomic mass is 127. The van der Waals surface area contributed by atoms with Gasteiger partial charge in [0.05, 0.1) is 0 Å². The molecule has 0 atom stereocenters. The Morgan fingerprint density at radius 2 is 1.90 bits per heavy atom. The van der Waals surface area contributed by atoms with Crippen LogP contribution in [-0.4, -0.2) is 28.3 Å². The highest BCUT2D eigenvalue weighted by molar-refractivity contribution is 14.0. The second kappa shape index (κ2) is 7.32. The monoisotopic (exact) mass is 419 g/mol. The molecule has 0 aromatic carbocycles. The summed E-state index contributed by atoms with van der Waals surface area (Å²) in [4.78, 5) is 3.97. The van der Waals surface area contributed by atoms with Crippen molar-refractivity contribution < 1.29 is 13.2 Å². The van der Waals surface area contributed by atoms with E-state index in [1.54, 1.807) is 7.05 Å². The number of nitrogens with one attached hydrogen (secondary N) is 2. The summed E-state index contributed by atoms with van der Waals surface area (Å²) in [6.45, 7) is 5.81. The van der Waals surface area contributed by atoms with Crippen molar-refractivity contribution in [3.05, 3.63) is 17.5 Å². The number of nitrogens with zero attached hydrogens (tertiary/aromatic N) is 3. The zero-order valence-electron chi connectivity index (χ0n) is 12.7. The van der Waals surface area contributed by atoms with Crippen LogP contribution in [0.15, 0.2) is 11.2 Å². The van der Waals surface area contributed by atoms with Crippen LogP contribution in [0.5, 0.6) is 0 Å². The number of halogens is 4. The summed E-state index contributed by atoms with van der Waals surface area (Å²) in [6.07, 6.45) is -3.11. The van der Waals surface area contributed by atoms with E-state index in [9.17, 15) is 13.2 Å². The van der Waals surface area contributed by atoms with Gasteiger partial charge in [-0.25, -0.2) is 0 Å². The van der Waals surface area contributed by atoms with Gasteiger partial charge in [0.1, 0.15) is 0 Å². The molecule has 1 rings (SSSR count). The Morgan fingerprint density at radius 3 is 2.33 bits per heavy atom. The quantitative estimate of drug-likeness (QED) is 0.440. The van der Waals surface area contributed by atoms with E-state index in [0.717, 1.165) is 4.68 Å². The van der Waals surface area contributed by atoms with Gasteiger partial charge in [0.15, 0.2) is 11.7 Å². The van der Waals surface area contributed by atoms with Crippen LogP contribution < -0.4 is 10.6 Å². The Balaban J connectivity index is 0.00000400. The molecule has 0 unspecified atom stereocenters. The standard InChI is InChI=1S/C12H20F3N5.HI/c1-11(2,3)18-10(16-4)17-6-8-7-20(5)19-9(8)12(13,14)15;/h7H,6H2,1-5H3,(H2,16,17,18);1H. The minimum absolute atomic E-state index is 0. The SMILES string of the molecule is CN=C(NCc1cn(C)nc1C(F)(F)F)NC(C)(C)C.I. The lowest BCUT2D eigenvalue weighted by atomic mass is 10.1. The van der Waals surface area contributed by atoms with Gasteiger partial charge in [0.2, 0.25) is 0 Å². The molecule has 0 fully saturated rings. The Morgan fingerprint density at radius 1 is 1.33 bits per heavy atom. The number of alkyl halides is 3. The van der Waals surface area contributed by atoms with Crippen LogP contribution in [0.25, 0.3) is 0 Å². The van der Waals surface area contributed by atoms with Gasteiger partial charge in [0.25, 0.3) is 0 Å². The van der Waals surface area contributed by atoms with Crippen LogP contribution in [0.2, 0.25) is 0 Å². The third kappa shape index (κ3) is 6.53. The van der Waals surface area contributed by atoms with E-state index >= 15 is 0 Å². The summed E-state index contributed by atoms with van der Waals surface area (Å²) in [5, 5.41) is 9.38. The number of guanidine groups is 1. The summed E-state index contributed by atoms with van der Waals surface area (Å²) in [5.74, 6) is 0.439. The molecule has 9 heteroatoms. The molecule has 0 aliphatic carbocycles. The second-order valence-corrected chi connectivity index (χ2v) is 5.48. The lowest BCUT2D eigenvalue weighted by molar-refractivity contribution is -0.142. The molecule has 0 radical (unpaired) electrons. The molecule has 0 aliphatic rings. The summed E-state index contributed by atoms with van der Waals surface area (Å²) < 4.78 is 39.5. The molecule has 5 nitrogen and oxygen atoms in total. The van der Waals surface area contributed by atoms with E-state index in [1.807, 2.05) is 20.8 Å². The third-order valence-electron chi connectivity index (χ3n) is 2.34. The molecule has 0 saturated carbocycles. The molecule has 1 heterocycles. The zero-order chi connectivity index (χ0) is 15.6. The molecular weight excluding hydrogens is 398 g/mol. The number of aryl methyl sites for hydroxylation is 1. The Hall–Kier alpha value is -1.00. The van der Waals surface area contributed by atoms with Crippen molar-refractivity contribution in [2.45, 2.75) is 39.0 Å². The predicted molar refractivity (Wildman–Crippen MR) is 86.7 cm³/mol. The Bertz CT molecular complexity index is 488. The van der Waals surface area contributed by atoms with E-state index in [4.69, 9.17) is 0 Å². The fraction of sp³-hybridized carbons (Fsp3) is 0.667. The van der Waals surface area contributed by atoms with Gasteiger partial charge in [-0.3, -0.25) is 9.67 Å². The van der Waals surface area contributed by atoms with E-state index in [-0.39, 0.29) is 41.6 Å². The average molecular weight is 419 g/mol. The van der Waals surface area contributed by atoms with Gasteiger partial charge < -0.3 is 10.6 Å². The normalized spacial score (nSPS) is 12.9. The van der Waals surface area contributed by atoms with Crippen LogP contribution in [0, 0.1) is 0 Å². The second-order valence-electron chi connectivity index (χ2n) is 5.48. The largest absolute Gasteiger partial charge is 0.435 e. The van der Waals surface area contributed by atoms with Crippen molar-refractivity contribution >= 4 is 29.9 Å². The molecule has 1 aromatic rings. The van der Waals surface area contributed by atoms with Gasteiger partial charge in [-0.1, -0.05) is 0 Å². The predicted octanol–water partition coefficient (Wildman–Crippen LogP) is 2.52. The molecule has 1 aromatic heterocycles. The maximum Gasteiger partial charge on any atom is 0.435 e. The maximum absolute atomic E-state index is 12.8. The Labute approximate surface area is 139 Å². The van der Waals surface area contributed by atoms with Crippen molar-refractivity contribution in [2.24, 2.45) is 12.0 Å². The van der Waals surface area contributed by atoms with Gasteiger partial charge in [0, 0.05) is 37.9 Å². The smallest absolute Gasteiger partial charge is 0.352 e. The minimum atomic E-state index is -4.46. The van der Waals surface area contributed by atoms with Crippen LogP contribution in [0.1, 0.15) is 32.0 Å². The third-order valence-corrected chi connectivity index (χ3v) is 2.34. The van der Waals surface area contributed by atoms with Crippen molar-refractivity contribution in [3.63, 3.8) is 0 Å². The lowest BCUT2D eigenvalue weighted by Crippen LogP contribution is -2.47. The van der Waals surface area contributed by atoms with E-state index in [1.165, 1.54) is 13.2 Å². The molecule has 2 N–H and O–H groups in total. The fourth-order valence-corrected chi connectivity index (χ4v) is 1.62. The summed E-state index contributed by atoms with van der Waals surface area (Å²) in [5.41, 5.74) is -1.03. The van der Waals surface area contributed by atoms with Crippen LogP contribution in [-0.2, 0) is 19.8 Å². The highest BCUT2D eigenvalue weighted by Crippen LogP contribution is 2.30. The minimum Gasteiger partial charge on any atom is -0.352 e. The van der Waals surface area contributed by atoms with Gasteiger partial charge in [-0.15, -0.1) is 24.0 Å². The van der Waals surface area contributed by atoms with E-state index in [2.05, 4.69) is 20.7 Å². The van der Waals surface area contributed by atoms with Crippen molar-refractivity contribution in [2.75, 3.05) is 7.05 Å². The van der Waals surface area contributed by atoms with Crippen LogP contribution >= 0.6 is 24.0 Å². The van der Waals surface area contributed by atoms with Gasteiger partial charge in [-0.2, -0.15) is 18.3 Å². The molecular formula is C12H21F3IN5.